The first-order valence-electron chi connectivity index (χ1n) is 14.2. The van der Waals surface area contributed by atoms with Crippen molar-refractivity contribution < 1.29 is 27.4 Å². The molecule has 3 aliphatic heterocycles. The Morgan fingerprint density at radius 2 is 1.80 bits per heavy atom. The van der Waals surface area contributed by atoms with Gasteiger partial charge < -0.3 is 14.4 Å². The molecule has 5 rings (SSSR count). The number of nitrogens with zero attached hydrogens (tertiary/aromatic N) is 5. The standard InChI is InChI=1S/C29H38F3N5O3/c1-20-21(2)26(40-14-4-9-35-12-15-39-16-13-35)8-7-24(20)25-6-3-5-23-19-36(10-11-37(23)25)27(38)22-17-33-28(34-18-22)29(30,31)32/h7-8,17-18,23,25H,3-6,9-16,19H2,1-2H3/t23?,25-/m1/s1. The van der Waals surface area contributed by atoms with Gasteiger partial charge in [0, 0.05) is 63.7 Å². The molecule has 3 aliphatic rings. The van der Waals surface area contributed by atoms with Crippen molar-refractivity contribution in [2.24, 2.45) is 0 Å². The lowest BCUT2D eigenvalue weighted by atomic mass is 9.86. The highest BCUT2D eigenvalue weighted by atomic mass is 19.4. The number of hydrogen-bond acceptors (Lipinski definition) is 7. The van der Waals surface area contributed by atoms with Crippen LogP contribution in [0.15, 0.2) is 24.5 Å². The summed E-state index contributed by atoms with van der Waals surface area (Å²) >= 11 is 0. The molecule has 1 amide bonds. The number of morpholine rings is 1. The van der Waals surface area contributed by atoms with Crippen LogP contribution in [0.3, 0.4) is 0 Å². The third-order valence-corrected chi connectivity index (χ3v) is 8.50. The molecule has 1 unspecified atom stereocenters. The van der Waals surface area contributed by atoms with E-state index in [0.29, 0.717) is 26.2 Å². The molecule has 0 radical (unpaired) electrons. The molecule has 0 saturated carbocycles. The summed E-state index contributed by atoms with van der Waals surface area (Å²) in [6.45, 7) is 11.3. The van der Waals surface area contributed by atoms with Gasteiger partial charge in [0.2, 0.25) is 5.82 Å². The number of carbonyl (C=O) groups is 1. The normalized spacial score (nSPS) is 22.7. The minimum atomic E-state index is -4.63. The maximum absolute atomic E-state index is 13.0. The van der Waals surface area contributed by atoms with Crippen molar-refractivity contribution in [1.82, 2.24) is 24.7 Å². The lowest BCUT2D eigenvalue weighted by molar-refractivity contribution is -0.145. The number of aromatic nitrogens is 2. The molecule has 11 heteroatoms. The molecule has 0 bridgehead atoms. The van der Waals surface area contributed by atoms with Gasteiger partial charge in [0.15, 0.2) is 0 Å². The first kappa shape index (κ1) is 28.8. The van der Waals surface area contributed by atoms with Crippen molar-refractivity contribution in [3.05, 3.63) is 52.6 Å². The molecule has 0 N–H and O–H groups in total. The minimum Gasteiger partial charge on any atom is -0.493 e. The summed E-state index contributed by atoms with van der Waals surface area (Å²) in [5.74, 6) is -0.624. The van der Waals surface area contributed by atoms with Gasteiger partial charge in [0.25, 0.3) is 5.91 Å². The largest absolute Gasteiger partial charge is 0.493 e. The van der Waals surface area contributed by atoms with Crippen LogP contribution >= 0.6 is 0 Å². The average Bonchev–Trinajstić information content (AvgIpc) is 2.96. The van der Waals surface area contributed by atoms with E-state index in [0.717, 1.165) is 76.7 Å². The molecule has 3 fully saturated rings. The summed E-state index contributed by atoms with van der Waals surface area (Å²) < 4.78 is 50.0. The maximum atomic E-state index is 13.0. The topological polar surface area (TPSA) is 71.0 Å². The second kappa shape index (κ2) is 12.4. The maximum Gasteiger partial charge on any atom is 0.451 e. The van der Waals surface area contributed by atoms with E-state index in [1.807, 2.05) is 0 Å². The second-order valence-corrected chi connectivity index (χ2v) is 10.9. The second-order valence-electron chi connectivity index (χ2n) is 10.9. The zero-order valence-corrected chi connectivity index (χ0v) is 23.3. The van der Waals surface area contributed by atoms with Gasteiger partial charge in [-0.25, -0.2) is 9.97 Å². The van der Waals surface area contributed by atoms with Crippen LogP contribution in [0.25, 0.3) is 0 Å². The van der Waals surface area contributed by atoms with E-state index in [1.165, 1.54) is 16.7 Å². The molecule has 0 aliphatic carbocycles. The number of fused-ring (bicyclic) bond motifs is 1. The molecule has 4 heterocycles. The Bertz CT molecular complexity index is 1170. The molecule has 8 nitrogen and oxygen atoms in total. The molecular weight excluding hydrogens is 523 g/mol. The van der Waals surface area contributed by atoms with Crippen molar-refractivity contribution in [2.45, 2.75) is 57.8 Å². The Morgan fingerprint density at radius 1 is 1.05 bits per heavy atom. The van der Waals surface area contributed by atoms with Crippen LogP contribution in [0, 0.1) is 13.8 Å². The van der Waals surface area contributed by atoms with Crippen LogP contribution in [0.1, 0.15) is 64.6 Å². The monoisotopic (exact) mass is 561 g/mol. The van der Waals surface area contributed by atoms with Crippen molar-refractivity contribution in [2.75, 3.05) is 59.1 Å². The number of amides is 1. The van der Waals surface area contributed by atoms with Crippen LogP contribution < -0.4 is 4.74 Å². The van der Waals surface area contributed by atoms with Crippen molar-refractivity contribution in [1.29, 1.82) is 0 Å². The van der Waals surface area contributed by atoms with E-state index < -0.39 is 12.0 Å². The molecule has 1 aromatic carbocycles. The predicted molar refractivity (Wildman–Crippen MR) is 143 cm³/mol. The summed E-state index contributed by atoms with van der Waals surface area (Å²) in [5.41, 5.74) is 3.80. The number of rotatable bonds is 7. The molecule has 0 spiro atoms. The molecule has 3 saturated heterocycles. The van der Waals surface area contributed by atoms with Crippen LogP contribution in [-0.4, -0.2) is 95.7 Å². The Hall–Kier alpha value is -2.76. The van der Waals surface area contributed by atoms with Gasteiger partial charge >= 0.3 is 6.18 Å². The third kappa shape index (κ3) is 6.42. The fraction of sp³-hybridized carbons (Fsp3) is 0.621. The first-order valence-corrected chi connectivity index (χ1v) is 14.2. The number of ether oxygens (including phenoxy) is 2. The highest BCUT2D eigenvalue weighted by Gasteiger charge is 2.38. The zero-order chi connectivity index (χ0) is 28.3. The van der Waals surface area contributed by atoms with Crippen LogP contribution in [-0.2, 0) is 10.9 Å². The Kier molecular flexibility index (Phi) is 8.92. The minimum absolute atomic E-state index is 0.0841. The first-order chi connectivity index (χ1) is 19.2. The Morgan fingerprint density at radius 3 is 2.52 bits per heavy atom. The molecule has 2 aromatic rings. The van der Waals surface area contributed by atoms with Crippen molar-refractivity contribution in [3.8, 4) is 5.75 Å². The summed E-state index contributed by atoms with van der Waals surface area (Å²) in [6, 6.07) is 4.76. The van der Waals surface area contributed by atoms with Crippen LogP contribution in [0.2, 0.25) is 0 Å². The number of halogens is 3. The smallest absolute Gasteiger partial charge is 0.451 e. The molecule has 40 heavy (non-hydrogen) atoms. The number of alkyl halides is 3. The van der Waals surface area contributed by atoms with Gasteiger partial charge in [0.1, 0.15) is 5.75 Å². The number of piperazine rings is 1. The van der Waals surface area contributed by atoms with Gasteiger partial charge in [-0.3, -0.25) is 14.6 Å². The lowest BCUT2D eigenvalue weighted by Gasteiger charge is -2.48. The highest BCUT2D eigenvalue weighted by Crippen LogP contribution is 2.39. The summed E-state index contributed by atoms with van der Waals surface area (Å²) in [6.07, 6.45) is 1.39. The Labute approximate surface area is 233 Å². The van der Waals surface area contributed by atoms with E-state index >= 15 is 0 Å². The molecule has 218 valence electrons. The van der Waals surface area contributed by atoms with E-state index in [4.69, 9.17) is 9.47 Å². The lowest BCUT2D eigenvalue weighted by Crippen LogP contribution is -2.57. The van der Waals surface area contributed by atoms with Crippen LogP contribution in [0.5, 0.6) is 5.75 Å². The van der Waals surface area contributed by atoms with E-state index in [1.54, 1.807) is 4.90 Å². The fourth-order valence-electron chi connectivity index (χ4n) is 6.16. The highest BCUT2D eigenvalue weighted by molar-refractivity contribution is 5.93. The van der Waals surface area contributed by atoms with E-state index in [2.05, 4.69) is 45.7 Å². The molecule has 2 atom stereocenters. The summed E-state index contributed by atoms with van der Waals surface area (Å²) in [5, 5.41) is 0. The van der Waals surface area contributed by atoms with Crippen LogP contribution in [0.4, 0.5) is 13.2 Å². The predicted octanol–water partition coefficient (Wildman–Crippen LogP) is 4.26. The molecular formula is C29H38F3N5O3. The van der Waals surface area contributed by atoms with E-state index in [-0.39, 0.29) is 23.6 Å². The quantitative estimate of drug-likeness (QED) is 0.468. The SMILES string of the molecule is Cc1c(OCCCN2CCOCC2)ccc([C@H]2CCCC3CN(C(=O)c4cnc(C(F)(F)F)nc4)CCN32)c1C. The summed E-state index contributed by atoms with van der Waals surface area (Å²) in [7, 11) is 0. The van der Waals surface area contributed by atoms with Gasteiger partial charge in [-0.2, -0.15) is 13.2 Å². The van der Waals surface area contributed by atoms with Gasteiger partial charge in [-0.1, -0.05) is 6.07 Å². The number of hydrogen-bond donors (Lipinski definition) is 0. The van der Waals surface area contributed by atoms with E-state index in [9.17, 15) is 18.0 Å². The zero-order valence-electron chi connectivity index (χ0n) is 23.3. The average molecular weight is 562 g/mol. The number of carbonyl (C=O) groups excluding carboxylic acids is 1. The van der Waals surface area contributed by atoms with Gasteiger partial charge in [-0.15, -0.1) is 0 Å². The Balaban J connectivity index is 1.19. The van der Waals surface area contributed by atoms with Crippen molar-refractivity contribution >= 4 is 5.91 Å². The fourth-order valence-corrected chi connectivity index (χ4v) is 6.16. The molecule has 1 aromatic heterocycles. The summed E-state index contributed by atoms with van der Waals surface area (Å²) in [4.78, 5) is 26.4. The van der Waals surface area contributed by atoms with Crippen molar-refractivity contribution in [3.63, 3.8) is 0 Å². The van der Waals surface area contributed by atoms with Gasteiger partial charge in [0.05, 0.1) is 25.4 Å². The third-order valence-electron chi connectivity index (χ3n) is 8.50. The number of piperidine rings is 1. The van der Waals surface area contributed by atoms with Gasteiger partial charge in [-0.05, 0) is 62.3 Å². The number of benzene rings is 1.